The van der Waals surface area contributed by atoms with Crippen LogP contribution in [0.5, 0.6) is 0 Å². The molecule has 1 aliphatic rings. The first-order valence-electron chi connectivity index (χ1n) is 5.52. The molecule has 0 unspecified atom stereocenters. The number of rotatable bonds is 2. The van der Waals surface area contributed by atoms with E-state index in [0.29, 0.717) is 0 Å². The first kappa shape index (κ1) is 12.5. The molecule has 0 saturated heterocycles. The quantitative estimate of drug-likeness (QED) is 0.619. The lowest BCUT2D eigenvalue weighted by atomic mass is 9.84. The molecule has 84 valence electrons. The van der Waals surface area contributed by atoms with Gasteiger partial charge in [-0.25, -0.2) is 0 Å². The molecule has 0 aromatic rings. The summed E-state index contributed by atoms with van der Waals surface area (Å²) in [4.78, 5) is 0. The highest BCUT2D eigenvalue weighted by Crippen LogP contribution is 2.51. The van der Waals surface area contributed by atoms with Crippen LogP contribution in [0.3, 0.4) is 0 Å². The molecule has 1 aliphatic carbocycles. The minimum absolute atomic E-state index is 0.0533. The molecule has 1 fully saturated rings. The van der Waals surface area contributed by atoms with Crippen LogP contribution in [0.15, 0.2) is 72.4 Å². The van der Waals surface area contributed by atoms with E-state index in [1.54, 1.807) is 6.08 Å². The lowest BCUT2D eigenvalue weighted by molar-refractivity contribution is 0.587. The third-order valence-electron chi connectivity index (χ3n) is 3.19. The van der Waals surface area contributed by atoms with Gasteiger partial charge in [-0.15, -0.1) is 0 Å². The van der Waals surface area contributed by atoms with Crippen molar-refractivity contribution in [1.29, 1.82) is 0 Å². The van der Waals surface area contributed by atoms with Crippen molar-refractivity contribution in [2.45, 2.75) is 20.8 Å². The van der Waals surface area contributed by atoms with Gasteiger partial charge in [-0.3, -0.25) is 0 Å². The van der Waals surface area contributed by atoms with Gasteiger partial charge >= 0.3 is 0 Å². The summed E-state index contributed by atoms with van der Waals surface area (Å²) in [5.74, 6) is 0. The van der Waals surface area contributed by atoms with Gasteiger partial charge < -0.3 is 0 Å². The highest BCUT2D eigenvalue weighted by molar-refractivity contribution is 5.68. The topological polar surface area (TPSA) is 0 Å². The Morgan fingerprint density at radius 1 is 1.00 bits per heavy atom. The van der Waals surface area contributed by atoms with E-state index >= 15 is 0 Å². The maximum atomic E-state index is 4.19. The van der Waals surface area contributed by atoms with Crippen LogP contribution < -0.4 is 0 Å². The maximum absolute atomic E-state index is 4.19. The summed E-state index contributed by atoms with van der Waals surface area (Å²) in [5, 5.41) is 0. The highest BCUT2D eigenvalue weighted by Gasteiger charge is 2.37. The third-order valence-corrected chi connectivity index (χ3v) is 3.19. The molecule has 0 N–H and O–H groups in total. The second-order valence-corrected chi connectivity index (χ2v) is 4.50. The molecule has 0 aliphatic heterocycles. The van der Waals surface area contributed by atoms with Crippen molar-refractivity contribution in [3.05, 3.63) is 72.4 Å². The fraction of sp³-hybridized carbons (Fsp3) is 0.250. The smallest absolute Gasteiger partial charge is 0.0147 e. The second-order valence-electron chi connectivity index (χ2n) is 4.50. The van der Waals surface area contributed by atoms with Crippen LogP contribution in [0.4, 0.5) is 0 Å². The minimum Gasteiger partial charge on any atom is -0.0990 e. The highest BCUT2D eigenvalue weighted by atomic mass is 14.4. The zero-order valence-corrected chi connectivity index (χ0v) is 10.5. The van der Waals surface area contributed by atoms with Crippen LogP contribution in [0.2, 0.25) is 0 Å². The van der Waals surface area contributed by atoms with E-state index in [0.717, 1.165) is 16.7 Å². The summed E-state index contributed by atoms with van der Waals surface area (Å²) in [6.45, 7) is 18.4. The molecule has 0 spiro atoms. The van der Waals surface area contributed by atoms with Crippen molar-refractivity contribution in [3.8, 4) is 0 Å². The minimum atomic E-state index is -0.0533. The number of hydrogen-bond donors (Lipinski definition) is 0. The average molecular weight is 212 g/mol. The van der Waals surface area contributed by atoms with E-state index < -0.39 is 0 Å². The molecule has 0 bridgehead atoms. The summed E-state index contributed by atoms with van der Waals surface area (Å²) in [6.07, 6.45) is 9.96. The molecule has 0 amide bonds. The van der Waals surface area contributed by atoms with Gasteiger partial charge in [-0.2, -0.15) is 0 Å². The molecule has 0 radical (unpaired) electrons. The first-order chi connectivity index (χ1) is 7.46. The van der Waals surface area contributed by atoms with Crippen molar-refractivity contribution in [1.82, 2.24) is 0 Å². The second kappa shape index (κ2) is 4.52. The van der Waals surface area contributed by atoms with Crippen molar-refractivity contribution < 1.29 is 0 Å². The summed E-state index contributed by atoms with van der Waals surface area (Å²) in [6, 6.07) is 0. The predicted molar refractivity (Wildman–Crippen MR) is 73.2 cm³/mol. The first-order valence-corrected chi connectivity index (χ1v) is 5.52. The molecule has 0 nitrogen and oxygen atoms in total. The van der Waals surface area contributed by atoms with Gasteiger partial charge in [0.2, 0.25) is 0 Å². The van der Waals surface area contributed by atoms with Crippen LogP contribution in [0.25, 0.3) is 0 Å². The molecule has 0 aromatic heterocycles. The lowest BCUT2D eigenvalue weighted by Crippen LogP contribution is -2.09. The molecule has 1 rings (SSSR count). The van der Waals surface area contributed by atoms with Crippen LogP contribution in [0.1, 0.15) is 20.8 Å². The summed E-state index contributed by atoms with van der Waals surface area (Å²) < 4.78 is 0. The lowest BCUT2D eigenvalue weighted by Gasteiger charge is -2.19. The van der Waals surface area contributed by atoms with Crippen molar-refractivity contribution >= 4 is 0 Å². The third kappa shape index (κ3) is 1.88. The maximum Gasteiger partial charge on any atom is 0.0147 e. The standard InChI is InChI=1S/C16H20/c1-7-9-11-15-13(4)16(5,6)12(3)14(15)10-8-2/h7-11H,2-4H2,1,5-6H3/b9-7-,14-10+,15-11+. The van der Waals surface area contributed by atoms with Crippen molar-refractivity contribution in [3.63, 3.8) is 0 Å². The molecule has 1 saturated carbocycles. The van der Waals surface area contributed by atoms with Gasteiger partial charge in [0.05, 0.1) is 0 Å². The Labute approximate surface area is 99.1 Å². The van der Waals surface area contributed by atoms with E-state index in [4.69, 9.17) is 0 Å². The van der Waals surface area contributed by atoms with E-state index in [1.807, 2.05) is 25.2 Å². The Balaban J connectivity index is 3.37. The monoisotopic (exact) mass is 212 g/mol. The van der Waals surface area contributed by atoms with Crippen molar-refractivity contribution in [2.75, 3.05) is 0 Å². The molecular formula is C16H20. The van der Waals surface area contributed by atoms with Gasteiger partial charge in [0.1, 0.15) is 0 Å². The van der Waals surface area contributed by atoms with E-state index in [1.165, 1.54) is 5.57 Å². The SMILES string of the molecule is C=C\C=C1/C(=C)C(C)(C)C(=C)/C1=C\C=C/C. The molecule has 0 atom stereocenters. The van der Waals surface area contributed by atoms with Gasteiger partial charge in [0.15, 0.2) is 0 Å². The number of hydrogen-bond acceptors (Lipinski definition) is 0. The zero-order valence-electron chi connectivity index (χ0n) is 10.5. The van der Waals surface area contributed by atoms with Gasteiger partial charge in [-0.05, 0) is 29.2 Å². The van der Waals surface area contributed by atoms with E-state index in [9.17, 15) is 0 Å². The zero-order chi connectivity index (χ0) is 12.3. The van der Waals surface area contributed by atoms with Crippen LogP contribution in [-0.4, -0.2) is 0 Å². The Bertz CT molecular complexity index is 423. The Morgan fingerprint density at radius 3 is 1.94 bits per heavy atom. The van der Waals surface area contributed by atoms with Crippen LogP contribution in [0, 0.1) is 5.41 Å². The van der Waals surface area contributed by atoms with Gasteiger partial charge in [0.25, 0.3) is 0 Å². The molecular weight excluding hydrogens is 192 g/mol. The Kier molecular flexibility index (Phi) is 3.54. The molecule has 0 aromatic carbocycles. The van der Waals surface area contributed by atoms with Gasteiger partial charge in [-0.1, -0.05) is 64.0 Å². The molecule has 16 heavy (non-hydrogen) atoms. The van der Waals surface area contributed by atoms with Crippen LogP contribution >= 0.6 is 0 Å². The molecule has 0 heteroatoms. The normalized spacial score (nSPS) is 24.9. The number of allylic oxidation sites excluding steroid dienone is 9. The van der Waals surface area contributed by atoms with Crippen LogP contribution in [-0.2, 0) is 0 Å². The van der Waals surface area contributed by atoms with E-state index in [2.05, 4.69) is 39.7 Å². The predicted octanol–water partition coefficient (Wildman–Crippen LogP) is 4.75. The largest absolute Gasteiger partial charge is 0.0990 e. The summed E-state index contributed by atoms with van der Waals surface area (Å²) in [5.41, 5.74) is 4.52. The van der Waals surface area contributed by atoms with Crippen molar-refractivity contribution in [2.24, 2.45) is 5.41 Å². The Morgan fingerprint density at radius 2 is 1.50 bits per heavy atom. The molecule has 0 heterocycles. The fourth-order valence-corrected chi connectivity index (χ4v) is 1.87. The average Bonchev–Trinajstić information content (AvgIpc) is 2.40. The van der Waals surface area contributed by atoms with Gasteiger partial charge in [0, 0.05) is 5.41 Å². The summed E-state index contributed by atoms with van der Waals surface area (Å²) >= 11 is 0. The fourth-order valence-electron chi connectivity index (χ4n) is 1.87. The summed E-state index contributed by atoms with van der Waals surface area (Å²) in [7, 11) is 0. The Hall–Kier alpha value is -1.56. The van der Waals surface area contributed by atoms with E-state index in [-0.39, 0.29) is 5.41 Å².